The van der Waals surface area contributed by atoms with Crippen molar-refractivity contribution in [3.63, 3.8) is 0 Å². The Labute approximate surface area is 166 Å². The largest absolute Gasteiger partial charge is 0.469 e. The summed E-state index contributed by atoms with van der Waals surface area (Å²) in [4.78, 5) is 14.3. The number of aromatic nitrogens is 3. The van der Waals surface area contributed by atoms with Crippen LogP contribution in [-0.4, -0.2) is 40.9 Å². The van der Waals surface area contributed by atoms with Gasteiger partial charge in [-0.3, -0.25) is 9.36 Å². The number of nitrogens with zero attached hydrogens (tertiary/aromatic N) is 4. The van der Waals surface area contributed by atoms with E-state index in [1.165, 1.54) is 12.7 Å². The van der Waals surface area contributed by atoms with E-state index < -0.39 is 5.41 Å². The van der Waals surface area contributed by atoms with Crippen LogP contribution >= 0.6 is 12.4 Å². The quantitative estimate of drug-likeness (QED) is 0.751. The third-order valence-corrected chi connectivity index (χ3v) is 6.18. The number of anilines is 1. The minimum absolute atomic E-state index is 0. The summed E-state index contributed by atoms with van der Waals surface area (Å²) in [5.74, 6) is 1.82. The normalized spacial score (nSPS) is 19.9. The van der Waals surface area contributed by atoms with E-state index in [4.69, 9.17) is 4.74 Å². The van der Waals surface area contributed by atoms with Crippen LogP contribution in [0.2, 0.25) is 0 Å². The number of hydrogen-bond donors (Lipinski definition) is 0. The maximum absolute atomic E-state index is 12.0. The number of halogens is 1. The first-order valence-corrected chi connectivity index (χ1v) is 9.29. The molecule has 0 radical (unpaired) electrons. The molecule has 0 atom stereocenters. The highest BCUT2D eigenvalue weighted by Crippen LogP contribution is 2.53. The van der Waals surface area contributed by atoms with Gasteiger partial charge < -0.3 is 9.64 Å². The molecular weight excluding hydrogens is 364 g/mol. The van der Waals surface area contributed by atoms with E-state index in [2.05, 4.69) is 51.0 Å². The third-order valence-electron chi connectivity index (χ3n) is 6.18. The molecule has 1 aliphatic carbocycles. The zero-order chi connectivity index (χ0) is 18.4. The summed E-state index contributed by atoms with van der Waals surface area (Å²) in [6, 6.07) is 10.6. The molecule has 0 bridgehead atoms. The Morgan fingerprint density at radius 1 is 1.07 bits per heavy atom. The van der Waals surface area contributed by atoms with Crippen LogP contribution in [0.1, 0.15) is 44.0 Å². The molecule has 2 heterocycles. The molecular formula is C20H27ClN4O2. The third kappa shape index (κ3) is 3.20. The van der Waals surface area contributed by atoms with Crippen LogP contribution in [0.25, 0.3) is 0 Å². The fourth-order valence-corrected chi connectivity index (χ4v) is 4.19. The summed E-state index contributed by atoms with van der Waals surface area (Å²) < 4.78 is 7.11. The van der Waals surface area contributed by atoms with Gasteiger partial charge in [-0.15, -0.1) is 22.6 Å². The van der Waals surface area contributed by atoms with Crippen molar-refractivity contribution in [2.45, 2.75) is 38.0 Å². The van der Waals surface area contributed by atoms with Crippen LogP contribution in [0.4, 0.5) is 5.95 Å². The Kier molecular flexibility index (Phi) is 5.21. The maximum atomic E-state index is 12.0. The molecule has 2 aromatic rings. The first-order chi connectivity index (χ1) is 12.5. The van der Waals surface area contributed by atoms with Crippen molar-refractivity contribution in [2.24, 2.45) is 12.5 Å². The number of ether oxygens (including phenoxy) is 1. The maximum Gasteiger partial charge on any atom is 0.311 e. The topological polar surface area (TPSA) is 60.2 Å². The highest BCUT2D eigenvalue weighted by molar-refractivity contribution is 5.85. The standard InChI is InChI=1S/C20H26N4O2.ClH/c1-19(17(25)26-3)11-13-24(14-12-19)18-22-21-16(23(18)2)20(9-10-20)15-7-5-4-6-8-15;/h4-8H,9-14H2,1-3H3;1H. The number of carbonyl (C=O) groups is 1. The summed E-state index contributed by atoms with van der Waals surface area (Å²) in [5.41, 5.74) is 0.936. The van der Waals surface area contributed by atoms with Gasteiger partial charge in [-0.05, 0) is 38.2 Å². The Morgan fingerprint density at radius 2 is 1.70 bits per heavy atom. The monoisotopic (exact) mass is 390 g/mol. The van der Waals surface area contributed by atoms with E-state index >= 15 is 0 Å². The van der Waals surface area contributed by atoms with Crippen molar-refractivity contribution in [1.82, 2.24) is 14.8 Å². The number of rotatable bonds is 4. The molecule has 146 valence electrons. The van der Waals surface area contributed by atoms with Crippen LogP contribution in [0.5, 0.6) is 0 Å². The molecule has 1 saturated carbocycles. The van der Waals surface area contributed by atoms with Gasteiger partial charge in [0.15, 0.2) is 0 Å². The molecule has 27 heavy (non-hydrogen) atoms. The summed E-state index contributed by atoms with van der Waals surface area (Å²) in [7, 11) is 3.52. The van der Waals surface area contributed by atoms with E-state index in [0.717, 1.165) is 50.5 Å². The Morgan fingerprint density at radius 3 is 2.26 bits per heavy atom. The van der Waals surface area contributed by atoms with E-state index in [1.54, 1.807) is 0 Å². The van der Waals surface area contributed by atoms with Crippen LogP contribution in [0, 0.1) is 5.41 Å². The number of esters is 1. The van der Waals surface area contributed by atoms with Gasteiger partial charge in [0.05, 0.1) is 17.9 Å². The number of piperidine rings is 1. The Bertz CT molecular complexity index is 809. The number of carbonyl (C=O) groups excluding carboxylic acids is 1. The lowest BCUT2D eigenvalue weighted by Gasteiger charge is -2.37. The molecule has 0 spiro atoms. The molecule has 1 aliphatic heterocycles. The van der Waals surface area contributed by atoms with Gasteiger partial charge >= 0.3 is 5.97 Å². The fraction of sp³-hybridized carbons (Fsp3) is 0.550. The second-order valence-corrected chi connectivity index (χ2v) is 7.87. The van der Waals surface area contributed by atoms with Crippen LogP contribution in [0.3, 0.4) is 0 Å². The van der Waals surface area contributed by atoms with Crippen molar-refractivity contribution < 1.29 is 9.53 Å². The van der Waals surface area contributed by atoms with Crippen molar-refractivity contribution >= 4 is 24.3 Å². The second-order valence-electron chi connectivity index (χ2n) is 7.87. The molecule has 2 fully saturated rings. The lowest BCUT2D eigenvalue weighted by molar-refractivity contribution is -0.152. The van der Waals surface area contributed by atoms with Gasteiger partial charge in [0.25, 0.3) is 0 Å². The smallest absolute Gasteiger partial charge is 0.311 e. The molecule has 1 aromatic carbocycles. The number of hydrogen-bond acceptors (Lipinski definition) is 5. The SMILES string of the molecule is COC(=O)C1(C)CCN(c2nnc(C3(c4ccccc4)CC3)n2C)CC1.Cl. The predicted molar refractivity (Wildman–Crippen MR) is 106 cm³/mol. The number of benzene rings is 1. The van der Waals surface area contributed by atoms with Crippen molar-refractivity contribution in [2.75, 3.05) is 25.1 Å². The van der Waals surface area contributed by atoms with Crippen LogP contribution < -0.4 is 4.90 Å². The van der Waals surface area contributed by atoms with Gasteiger partial charge in [0.2, 0.25) is 5.95 Å². The van der Waals surface area contributed by atoms with Gasteiger partial charge in [-0.2, -0.15) is 0 Å². The zero-order valence-electron chi connectivity index (χ0n) is 16.1. The summed E-state index contributed by atoms with van der Waals surface area (Å²) in [6.07, 6.45) is 3.77. The first-order valence-electron chi connectivity index (χ1n) is 9.29. The Balaban J connectivity index is 0.00000210. The average molecular weight is 391 g/mol. The highest BCUT2D eigenvalue weighted by atomic mass is 35.5. The number of methoxy groups -OCH3 is 1. The minimum Gasteiger partial charge on any atom is -0.469 e. The highest BCUT2D eigenvalue weighted by Gasteiger charge is 2.50. The predicted octanol–water partition coefficient (Wildman–Crippen LogP) is 3.10. The first kappa shape index (κ1) is 19.7. The molecule has 6 nitrogen and oxygen atoms in total. The molecule has 0 N–H and O–H groups in total. The molecule has 7 heteroatoms. The average Bonchev–Trinajstić information content (AvgIpc) is 3.39. The zero-order valence-corrected chi connectivity index (χ0v) is 17.0. The van der Waals surface area contributed by atoms with Crippen LogP contribution in [0.15, 0.2) is 30.3 Å². The van der Waals surface area contributed by atoms with Gasteiger partial charge in [0, 0.05) is 20.1 Å². The molecule has 0 amide bonds. The molecule has 0 unspecified atom stereocenters. The summed E-state index contributed by atoms with van der Waals surface area (Å²) in [6.45, 7) is 3.57. The summed E-state index contributed by atoms with van der Waals surface area (Å²) >= 11 is 0. The van der Waals surface area contributed by atoms with Gasteiger partial charge in [-0.25, -0.2) is 0 Å². The van der Waals surface area contributed by atoms with E-state index in [-0.39, 0.29) is 23.8 Å². The minimum atomic E-state index is -0.394. The van der Waals surface area contributed by atoms with Crippen molar-refractivity contribution in [3.05, 3.63) is 41.7 Å². The van der Waals surface area contributed by atoms with E-state index in [1.807, 2.05) is 13.0 Å². The molecule has 2 aliphatic rings. The van der Waals surface area contributed by atoms with E-state index in [0.29, 0.717) is 0 Å². The Hall–Kier alpha value is -2.08. The lowest BCUT2D eigenvalue weighted by atomic mass is 9.80. The lowest BCUT2D eigenvalue weighted by Crippen LogP contribution is -2.44. The molecule has 4 rings (SSSR count). The van der Waals surface area contributed by atoms with Gasteiger partial charge in [-0.1, -0.05) is 30.3 Å². The van der Waals surface area contributed by atoms with Crippen molar-refractivity contribution in [1.29, 1.82) is 0 Å². The molecule has 1 aromatic heterocycles. The van der Waals surface area contributed by atoms with Gasteiger partial charge in [0.1, 0.15) is 5.82 Å². The summed E-state index contributed by atoms with van der Waals surface area (Å²) in [5, 5.41) is 9.08. The van der Waals surface area contributed by atoms with Crippen molar-refractivity contribution in [3.8, 4) is 0 Å². The molecule has 1 saturated heterocycles. The van der Waals surface area contributed by atoms with Crippen LogP contribution in [-0.2, 0) is 22.0 Å². The fourth-order valence-electron chi connectivity index (χ4n) is 4.19. The van der Waals surface area contributed by atoms with E-state index in [9.17, 15) is 4.79 Å². The second kappa shape index (κ2) is 7.15.